The van der Waals surface area contributed by atoms with E-state index in [0.717, 1.165) is 27.8 Å². The van der Waals surface area contributed by atoms with Crippen molar-refractivity contribution >= 4 is 16.8 Å². The minimum absolute atomic E-state index is 0.195. The molecule has 4 nitrogen and oxygen atoms in total. The van der Waals surface area contributed by atoms with Crippen LogP contribution in [0.1, 0.15) is 21.6 Å². The molecule has 1 amide bonds. The standard InChI is InChI=1S/C19H19FN2O2/c1-12-15-11-14(20)7-8-16(15)22-18(12)19(23)21-10-9-13-5-3-4-6-17(13)24-2/h3-8,11,22H,9-10H2,1-2H3,(H,21,23). The molecule has 0 aliphatic heterocycles. The lowest BCUT2D eigenvalue weighted by atomic mass is 10.1. The lowest BCUT2D eigenvalue weighted by Crippen LogP contribution is -2.26. The van der Waals surface area contributed by atoms with Crippen LogP contribution in [0.5, 0.6) is 5.75 Å². The number of amides is 1. The average molecular weight is 326 g/mol. The van der Waals surface area contributed by atoms with Crippen molar-refractivity contribution in [1.82, 2.24) is 10.3 Å². The normalized spacial score (nSPS) is 10.8. The van der Waals surface area contributed by atoms with E-state index in [2.05, 4.69) is 10.3 Å². The maximum absolute atomic E-state index is 13.4. The number of aromatic amines is 1. The van der Waals surface area contributed by atoms with Gasteiger partial charge in [-0.3, -0.25) is 4.79 Å². The fraction of sp³-hybridized carbons (Fsp3) is 0.211. The number of hydrogen-bond donors (Lipinski definition) is 2. The highest BCUT2D eigenvalue weighted by Gasteiger charge is 2.15. The fourth-order valence-corrected chi connectivity index (χ4v) is 2.83. The Morgan fingerprint density at radius 2 is 2.04 bits per heavy atom. The van der Waals surface area contributed by atoms with Gasteiger partial charge in [-0.05, 0) is 48.7 Å². The molecule has 0 bridgehead atoms. The summed E-state index contributed by atoms with van der Waals surface area (Å²) in [6.45, 7) is 2.30. The summed E-state index contributed by atoms with van der Waals surface area (Å²) in [6, 6.07) is 12.2. The van der Waals surface area contributed by atoms with E-state index < -0.39 is 0 Å². The molecule has 0 saturated heterocycles. The summed E-state index contributed by atoms with van der Waals surface area (Å²) in [4.78, 5) is 15.5. The molecule has 124 valence electrons. The third-order valence-corrected chi connectivity index (χ3v) is 4.12. The zero-order valence-electron chi connectivity index (χ0n) is 13.7. The number of aryl methyl sites for hydroxylation is 1. The highest BCUT2D eigenvalue weighted by Crippen LogP contribution is 2.22. The molecular weight excluding hydrogens is 307 g/mol. The minimum atomic E-state index is -0.312. The molecule has 1 heterocycles. The number of fused-ring (bicyclic) bond motifs is 1. The monoisotopic (exact) mass is 326 g/mol. The molecule has 1 aromatic heterocycles. The molecule has 3 rings (SSSR count). The molecule has 0 fully saturated rings. The van der Waals surface area contributed by atoms with Gasteiger partial charge in [0.15, 0.2) is 0 Å². The summed E-state index contributed by atoms with van der Waals surface area (Å²) < 4.78 is 18.7. The molecule has 2 N–H and O–H groups in total. The van der Waals surface area contributed by atoms with Crippen LogP contribution in [0.3, 0.4) is 0 Å². The van der Waals surface area contributed by atoms with E-state index in [9.17, 15) is 9.18 Å². The first kappa shape index (κ1) is 16.1. The zero-order chi connectivity index (χ0) is 17.1. The first-order valence-electron chi connectivity index (χ1n) is 7.78. The van der Waals surface area contributed by atoms with Crippen LogP contribution in [0.2, 0.25) is 0 Å². The van der Waals surface area contributed by atoms with E-state index in [1.807, 2.05) is 31.2 Å². The number of nitrogens with one attached hydrogen (secondary N) is 2. The van der Waals surface area contributed by atoms with Crippen LogP contribution in [-0.2, 0) is 6.42 Å². The van der Waals surface area contributed by atoms with Gasteiger partial charge in [0, 0.05) is 17.4 Å². The molecule has 0 atom stereocenters. The second-order valence-corrected chi connectivity index (χ2v) is 5.63. The van der Waals surface area contributed by atoms with Gasteiger partial charge in [-0.15, -0.1) is 0 Å². The van der Waals surface area contributed by atoms with E-state index in [1.165, 1.54) is 12.1 Å². The van der Waals surface area contributed by atoms with Gasteiger partial charge in [0.05, 0.1) is 7.11 Å². The fourth-order valence-electron chi connectivity index (χ4n) is 2.83. The minimum Gasteiger partial charge on any atom is -0.496 e. The number of rotatable bonds is 5. The lowest BCUT2D eigenvalue weighted by Gasteiger charge is -2.09. The molecule has 5 heteroatoms. The van der Waals surface area contributed by atoms with Gasteiger partial charge in [-0.2, -0.15) is 0 Å². The van der Waals surface area contributed by atoms with Crippen LogP contribution in [0.25, 0.3) is 10.9 Å². The van der Waals surface area contributed by atoms with Crippen molar-refractivity contribution in [3.05, 3.63) is 65.1 Å². The molecular formula is C19H19FN2O2. The first-order chi connectivity index (χ1) is 11.6. The maximum atomic E-state index is 13.4. The SMILES string of the molecule is COc1ccccc1CCNC(=O)c1[nH]c2ccc(F)cc2c1C. The topological polar surface area (TPSA) is 54.1 Å². The second kappa shape index (κ2) is 6.74. The van der Waals surface area contributed by atoms with Crippen molar-refractivity contribution in [1.29, 1.82) is 0 Å². The summed E-state index contributed by atoms with van der Waals surface area (Å²) in [5, 5.41) is 3.62. The van der Waals surface area contributed by atoms with E-state index in [0.29, 0.717) is 18.7 Å². The number of benzene rings is 2. The molecule has 3 aromatic rings. The number of carbonyl (C=O) groups is 1. The smallest absolute Gasteiger partial charge is 0.268 e. The Hall–Kier alpha value is -2.82. The second-order valence-electron chi connectivity index (χ2n) is 5.63. The van der Waals surface area contributed by atoms with Crippen molar-refractivity contribution in [2.45, 2.75) is 13.3 Å². The van der Waals surface area contributed by atoms with Gasteiger partial charge in [0.2, 0.25) is 0 Å². The number of methoxy groups -OCH3 is 1. The zero-order valence-corrected chi connectivity index (χ0v) is 13.7. The van der Waals surface area contributed by atoms with E-state index in [-0.39, 0.29) is 11.7 Å². The Morgan fingerprint density at radius 3 is 2.83 bits per heavy atom. The van der Waals surface area contributed by atoms with Crippen LogP contribution < -0.4 is 10.1 Å². The molecule has 0 aliphatic rings. The Balaban J connectivity index is 1.70. The van der Waals surface area contributed by atoms with E-state index >= 15 is 0 Å². The Labute approximate surface area is 139 Å². The van der Waals surface area contributed by atoms with Crippen molar-refractivity contribution in [3.63, 3.8) is 0 Å². The Morgan fingerprint density at radius 1 is 1.25 bits per heavy atom. The summed E-state index contributed by atoms with van der Waals surface area (Å²) in [5.41, 5.74) is 3.01. The average Bonchev–Trinajstić information content (AvgIpc) is 2.92. The number of aromatic nitrogens is 1. The van der Waals surface area contributed by atoms with Gasteiger partial charge in [-0.1, -0.05) is 18.2 Å². The molecule has 2 aromatic carbocycles. The van der Waals surface area contributed by atoms with E-state index in [1.54, 1.807) is 13.2 Å². The summed E-state index contributed by atoms with van der Waals surface area (Å²) in [7, 11) is 1.63. The predicted octanol–water partition coefficient (Wildman–Crippen LogP) is 3.60. The molecule has 24 heavy (non-hydrogen) atoms. The van der Waals surface area contributed by atoms with Gasteiger partial charge < -0.3 is 15.0 Å². The van der Waals surface area contributed by atoms with Crippen molar-refractivity contribution < 1.29 is 13.9 Å². The van der Waals surface area contributed by atoms with Gasteiger partial charge in [0.25, 0.3) is 5.91 Å². The van der Waals surface area contributed by atoms with Crippen LogP contribution in [0.15, 0.2) is 42.5 Å². The number of H-pyrrole nitrogens is 1. The summed E-state index contributed by atoms with van der Waals surface area (Å²) in [6.07, 6.45) is 0.670. The molecule has 0 aliphatic carbocycles. The predicted molar refractivity (Wildman–Crippen MR) is 92.0 cm³/mol. The van der Waals surface area contributed by atoms with Crippen molar-refractivity contribution in [2.75, 3.05) is 13.7 Å². The largest absolute Gasteiger partial charge is 0.496 e. The number of hydrogen-bond acceptors (Lipinski definition) is 2. The van der Waals surface area contributed by atoms with Crippen LogP contribution in [0.4, 0.5) is 4.39 Å². The highest BCUT2D eigenvalue weighted by molar-refractivity contribution is 6.00. The molecule has 0 unspecified atom stereocenters. The van der Waals surface area contributed by atoms with Gasteiger partial charge >= 0.3 is 0 Å². The summed E-state index contributed by atoms with van der Waals surface area (Å²) >= 11 is 0. The molecule has 0 spiro atoms. The quantitative estimate of drug-likeness (QED) is 0.753. The van der Waals surface area contributed by atoms with Crippen molar-refractivity contribution in [3.8, 4) is 5.75 Å². The van der Waals surface area contributed by atoms with Gasteiger partial charge in [-0.25, -0.2) is 4.39 Å². The Bertz CT molecular complexity index is 886. The number of carbonyl (C=O) groups excluding carboxylic acids is 1. The maximum Gasteiger partial charge on any atom is 0.268 e. The molecule has 0 saturated carbocycles. The van der Waals surface area contributed by atoms with Gasteiger partial charge in [0.1, 0.15) is 17.3 Å². The first-order valence-corrected chi connectivity index (χ1v) is 7.78. The summed E-state index contributed by atoms with van der Waals surface area (Å²) in [5.74, 6) is 0.302. The van der Waals surface area contributed by atoms with Crippen LogP contribution in [-0.4, -0.2) is 24.5 Å². The highest BCUT2D eigenvalue weighted by atomic mass is 19.1. The lowest BCUT2D eigenvalue weighted by molar-refractivity contribution is 0.0949. The number of para-hydroxylation sites is 1. The van der Waals surface area contributed by atoms with Crippen molar-refractivity contribution in [2.24, 2.45) is 0 Å². The number of halogens is 1. The third kappa shape index (κ3) is 3.11. The van der Waals surface area contributed by atoms with Crippen LogP contribution >= 0.6 is 0 Å². The Kier molecular flexibility index (Phi) is 4.51. The third-order valence-electron chi connectivity index (χ3n) is 4.12. The molecule has 0 radical (unpaired) electrons. The van der Waals surface area contributed by atoms with Crippen LogP contribution in [0, 0.1) is 12.7 Å². The van der Waals surface area contributed by atoms with E-state index in [4.69, 9.17) is 4.74 Å². The number of ether oxygens (including phenoxy) is 1.